The summed E-state index contributed by atoms with van der Waals surface area (Å²) >= 11 is 0. The first kappa shape index (κ1) is 31.9. The lowest BCUT2D eigenvalue weighted by Gasteiger charge is -2.25. The zero-order valence-corrected chi connectivity index (χ0v) is 24.5. The Balaban J connectivity index is 1.25. The van der Waals surface area contributed by atoms with Crippen LogP contribution in [0.4, 0.5) is 5.69 Å². The van der Waals surface area contributed by atoms with Crippen LogP contribution in [-0.2, 0) is 49.6 Å². The Morgan fingerprint density at radius 3 is 2.17 bits per heavy atom. The number of nitrogens with zero attached hydrogens (tertiary/aromatic N) is 1. The lowest BCUT2D eigenvalue weighted by Crippen LogP contribution is -2.56. The fourth-order valence-electron chi connectivity index (χ4n) is 5.65. The number of carbonyl (C=O) groups excluding carboxylic acids is 4. The number of carbonyl (C=O) groups is 4. The molecule has 0 saturated carbocycles. The molecule has 4 atom stereocenters. The van der Waals surface area contributed by atoms with Crippen LogP contribution in [0.5, 0.6) is 11.5 Å². The number of amides is 4. The number of phenols is 2. The van der Waals surface area contributed by atoms with Crippen molar-refractivity contribution in [3.8, 4) is 11.5 Å². The summed E-state index contributed by atoms with van der Waals surface area (Å²) in [5.74, 6) is -3.59. The molecule has 1 aliphatic carbocycles. The van der Waals surface area contributed by atoms with Crippen molar-refractivity contribution < 1.29 is 39.1 Å². The van der Waals surface area contributed by atoms with E-state index < -0.39 is 64.3 Å². The van der Waals surface area contributed by atoms with Crippen molar-refractivity contribution in [1.82, 2.24) is 16.0 Å². The maximum Gasteiger partial charge on any atom is 0.310 e. The number of epoxide rings is 1. The number of benzene rings is 3. The van der Waals surface area contributed by atoms with Crippen molar-refractivity contribution in [2.45, 2.75) is 50.0 Å². The first-order chi connectivity index (χ1) is 22.0. The van der Waals surface area contributed by atoms with E-state index in [-0.39, 0.29) is 30.2 Å². The van der Waals surface area contributed by atoms with Crippen LogP contribution >= 0.6 is 0 Å². The van der Waals surface area contributed by atoms with Crippen LogP contribution in [0.25, 0.3) is 0 Å². The van der Waals surface area contributed by atoms with Gasteiger partial charge in [0.2, 0.25) is 11.8 Å². The average molecular weight is 632 g/mol. The van der Waals surface area contributed by atoms with Crippen molar-refractivity contribution in [3.05, 3.63) is 99.1 Å². The van der Waals surface area contributed by atoms with Gasteiger partial charge in [-0.2, -0.15) is 0 Å². The number of fused-ring (bicyclic) bond motifs is 1. The van der Waals surface area contributed by atoms with E-state index in [0.717, 1.165) is 28.8 Å². The SMILES string of the molecule is NC(=O)[C@H](NC(=O)[C@@H](Cc1ccc(O)c([N+](=O)[O-])c1)NC(=O)C1O[C@@H]1C(=O)NCCc1ccc(O)cc1)C1Cc2ccccc2C1. The van der Waals surface area contributed by atoms with Crippen LogP contribution in [0, 0.1) is 16.0 Å². The lowest BCUT2D eigenvalue weighted by molar-refractivity contribution is -0.385. The summed E-state index contributed by atoms with van der Waals surface area (Å²) in [6, 6.07) is 15.3. The predicted octanol–water partition coefficient (Wildman–Crippen LogP) is 0.545. The van der Waals surface area contributed by atoms with Gasteiger partial charge in [0.15, 0.2) is 18.0 Å². The Morgan fingerprint density at radius 2 is 1.54 bits per heavy atom. The number of hydrogen-bond acceptors (Lipinski definition) is 9. The van der Waals surface area contributed by atoms with Crippen LogP contribution in [-0.4, -0.2) is 69.6 Å². The highest BCUT2D eigenvalue weighted by atomic mass is 16.6. The Labute approximate surface area is 263 Å². The van der Waals surface area contributed by atoms with Gasteiger partial charge in [0.05, 0.1) is 4.92 Å². The Bertz CT molecular complexity index is 1640. The molecule has 2 aliphatic rings. The normalized spacial score (nSPS) is 18.1. The second kappa shape index (κ2) is 13.6. The summed E-state index contributed by atoms with van der Waals surface area (Å²) < 4.78 is 5.31. The summed E-state index contributed by atoms with van der Waals surface area (Å²) in [7, 11) is 0. The summed E-state index contributed by atoms with van der Waals surface area (Å²) in [4.78, 5) is 62.5. The average Bonchev–Trinajstić information content (AvgIpc) is 3.72. The summed E-state index contributed by atoms with van der Waals surface area (Å²) in [6.45, 7) is 0.252. The molecular weight excluding hydrogens is 598 g/mol. The molecule has 5 rings (SSSR count). The smallest absolute Gasteiger partial charge is 0.310 e. The van der Waals surface area contributed by atoms with E-state index in [4.69, 9.17) is 10.5 Å². The summed E-state index contributed by atoms with van der Waals surface area (Å²) in [5.41, 5.74) is 8.30. The highest BCUT2D eigenvalue weighted by Crippen LogP contribution is 2.30. The van der Waals surface area contributed by atoms with Gasteiger partial charge < -0.3 is 36.6 Å². The van der Waals surface area contributed by atoms with Crippen molar-refractivity contribution in [1.29, 1.82) is 0 Å². The number of nitrogens with two attached hydrogens (primary N) is 1. The third-order valence-corrected chi connectivity index (χ3v) is 8.13. The van der Waals surface area contributed by atoms with Gasteiger partial charge in [0.1, 0.15) is 17.8 Å². The molecule has 1 fully saturated rings. The molecule has 1 heterocycles. The van der Waals surface area contributed by atoms with Gasteiger partial charge in [-0.05, 0) is 65.6 Å². The van der Waals surface area contributed by atoms with Crippen LogP contribution in [0.3, 0.4) is 0 Å². The number of hydrogen-bond donors (Lipinski definition) is 6. The minimum Gasteiger partial charge on any atom is -0.508 e. The van der Waals surface area contributed by atoms with Gasteiger partial charge in [-0.25, -0.2) is 0 Å². The van der Waals surface area contributed by atoms with Gasteiger partial charge in [-0.15, -0.1) is 0 Å². The third-order valence-electron chi connectivity index (χ3n) is 8.13. The number of ether oxygens (including phenoxy) is 1. The van der Waals surface area contributed by atoms with Crippen molar-refractivity contribution in [2.24, 2.45) is 11.7 Å². The number of rotatable bonds is 13. The highest BCUT2D eigenvalue weighted by molar-refractivity contribution is 5.98. The van der Waals surface area contributed by atoms with E-state index in [1.165, 1.54) is 18.2 Å². The van der Waals surface area contributed by atoms with Gasteiger partial charge in [0, 0.05) is 19.0 Å². The Kier molecular flexibility index (Phi) is 9.47. The number of primary amides is 1. The molecule has 0 aromatic heterocycles. The molecule has 0 radical (unpaired) electrons. The van der Waals surface area contributed by atoms with Crippen molar-refractivity contribution in [3.63, 3.8) is 0 Å². The molecule has 1 saturated heterocycles. The molecule has 0 bridgehead atoms. The quantitative estimate of drug-likeness (QED) is 0.0878. The number of phenolic OH excluding ortho intramolecular Hbond substituents is 2. The van der Waals surface area contributed by atoms with Crippen LogP contribution in [0.1, 0.15) is 22.3 Å². The summed E-state index contributed by atoms with van der Waals surface area (Å²) in [6.07, 6.45) is -1.03. The van der Waals surface area contributed by atoms with E-state index in [2.05, 4.69) is 16.0 Å². The molecule has 240 valence electrons. The van der Waals surface area contributed by atoms with Crippen LogP contribution in [0.15, 0.2) is 66.7 Å². The number of nitro benzene ring substituents is 1. The lowest BCUT2D eigenvalue weighted by atomic mass is 9.95. The molecular formula is C32H33N5O9. The second-order valence-corrected chi connectivity index (χ2v) is 11.4. The summed E-state index contributed by atoms with van der Waals surface area (Å²) in [5, 5.41) is 38.5. The molecule has 46 heavy (non-hydrogen) atoms. The highest BCUT2D eigenvalue weighted by Gasteiger charge is 2.51. The molecule has 14 heteroatoms. The van der Waals surface area contributed by atoms with Crippen LogP contribution in [0.2, 0.25) is 0 Å². The van der Waals surface area contributed by atoms with Crippen LogP contribution < -0.4 is 21.7 Å². The monoisotopic (exact) mass is 631 g/mol. The topological polar surface area (TPSA) is 227 Å². The van der Waals surface area contributed by atoms with Crippen molar-refractivity contribution in [2.75, 3.05) is 6.54 Å². The predicted molar refractivity (Wildman–Crippen MR) is 162 cm³/mol. The molecule has 1 aliphatic heterocycles. The minimum atomic E-state index is -1.34. The largest absolute Gasteiger partial charge is 0.508 e. The molecule has 3 aromatic rings. The Hall–Kier alpha value is -5.50. The fourth-order valence-corrected chi connectivity index (χ4v) is 5.65. The first-order valence-corrected chi connectivity index (χ1v) is 14.6. The molecule has 7 N–H and O–H groups in total. The maximum absolute atomic E-state index is 13.6. The zero-order chi connectivity index (χ0) is 33.0. The molecule has 4 amide bonds. The Morgan fingerprint density at radius 1 is 0.913 bits per heavy atom. The molecule has 1 unspecified atom stereocenters. The van der Waals surface area contributed by atoms with Gasteiger partial charge in [-0.1, -0.05) is 42.5 Å². The van der Waals surface area contributed by atoms with E-state index >= 15 is 0 Å². The van der Waals surface area contributed by atoms with E-state index in [0.29, 0.717) is 19.3 Å². The van der Waals surface area contributed by atoms with Gasteiger partial charge >= 0.3 is 5.69 Å². The standard InChI is InChI=1S/C32H33N5O9/c33-29(40)26(21-15-19-3-1-2-4-20(19)16-21)36-30(41)23(13-18-7-10-25(39)24(14-18)37(44)45)35-32(43)28-27(46-28)31(42)34-12-11-17-5-8-22(38)9-6-17/h1-10,14,21,23,26-28,38-39H,11-13,15-16H2,(H2,33,40)(H,34,42)(H,35,43)(H,36,41)/t23-,26-,27+,28?/m1/s1. The molecule has 3 aromatic carbocycles. The zero-order valence-electron chi connectivity index (χ0n) is 24.5. The fraction of sp³-hybridized carbons (Fsp3) is 0.312. The number of nitrogens with one attached hydrogen (secondary N) is 3. The van der Waals surface area contributed by atoms with Gasteiger partial charge in [0.25, 0.3) is 11.8 Å². The van der Waals surface area contributed by atoms with E-state index in [9.17, 15) is 39.5 Å². The van der Waals surface area contributed by atoms with Gasteiger partial charge in [-0.3, -0.25) is 29.3 Å². The second-order valence-electron chi connectivity index (χ2n) is 11.4. The number of aromatic hydroxyl groups is 2. The third kappa shape index (κ3) is 7.58. The minimum absolute atomic E-state index is 0.123. The van der Waals surface area contributed by atoms with Crippen molar-refractivity contribution >= 4 is 29.3 Å². The molecule has 0 spiro atoms. The van der Waals surface area contributed by atoms with E-state index in [1.54, 1.807) is 12.1 Å². The van der Waals surface area contributed by atoms with E-state index in [1.807, 2.05) is 24.3 Å². The number of nitro groups is 1. The molecule has 14 nitrogen and oxygen atoms in total. The first-order valence-electron chi connectivity index (χ1n) is 14.6. The maximum atomic E-state index is 13.6.